The Bertz CT molecular complexity index is 476. The number of nitrogens with one attached hydrogen (secondary N) is 1. The zero-order chi connectivity index (χ0) is 12.1. The van der Waals surface area contributed by atoms with Gasteiger partial charge in [-0.15, -0.1) is 6.42 Å². The lowest BCUT2D eigenvalue weighted by Crippen LogP contribution is -2.04. The van der Waals surface area contributed by atoms with Crippen LogP contribution in [-0.2, 0) is 0 Å². The smallest absolute Gasteiger partial charge is 0.335 e. The second kappa shape index (κ2) is 4.79. The predicted octanol–water partition coefficient (Wildman–Crippen LogP) is 1.34. The van der Waals surface area contributed by atoms with Crippen LogP contribution in [0.5, 0.6) is 0 Å². The van der Waals surface area contributed by atoms with Crippen LogP contribution in [0.4, 0.5) is 11.4 Å². The number of aromatic carboxylic acids is 1. The Labute approximate surface area is 91.0 Å². The molecule has 2 N–H and O–H groups in total. The van der Waals surface area contributed by atoms with Crippen LogP contribution < -0.4 is 5.32 Å². The molecule has 0 aliphatic rings. The van der Waals surface area contributed by atoms with Crippen LogP contribution >= 0.6 is 0 Å². The van der Waals surface area contributed by atoms with E-state index in [1.165, 1.54) is 12.1 Å². The fourth-order valence-electron chi connectivity index (χ4n) is 1.11. The molecule has 6 heteroatoms. The number of carbonyl (C=O) groups is 1. The third kappa shape index (κ3) is 2.48. The lowest BCUT2D eigenvalue weighted by molar-refractivity contribution is -0.384. The van der Waals surface area contributed by atoms with Crippen molar-refractivity contribution in [3.63, 3.8) is 0 Å². The number of carboxylic acid groups (broad SMARTS) is 1. The summed E-state index contributed by atoms with van der Waals surface area (Å²) >= 11 is 0. The van der Waals surface area contributed by atoms with Crippen molar-refractivity contribution in [3.05, 3.63) is 33.9 Å². The number of nitro groups is 1. The lowest BCUT2D eigenvalue weighted by atomic mass is 10.1. The van der Waals surface area contributed by atoms with Crippen molar-refractivity contribution in [1.29, 1.82) is 0 Å². The van der Waals surface area contributed by atoms with Gasteiger partial charge in [-0.3, -0.25) is 10.1 Å². The van der Waals surface area contributed by atoms with Gasteiger partial charge in [0.2, 0.25) is 0 Å². The zero-order valence-electron chi connectivity index (χ0n) is 8.14. The standard InChI is InChI=1S/C10H8N2O4/c1-2-5-11-8-4-3-7(10(13)14)6-9(8)12(15)16/h1,3-4,6,11H,5H2,(H,13,14). The molecular formula is C10H8N2O4. The van der Waals surface area contributed by atoms with Gasteiger partial charge < -0.3 is 10.4 Å². The molecule has 0 saturated heterocycles. The summed E-state index contributed by atoms with van der Waals surface area (Å²) in [5.74, 6) is 1.05. The first-order valence-electron chi connectivity index (χ1n) is 4.25. The first kappa shape index (κ1) is 11.5. The van der Waals surface area contributed by atoms with Crippen LogP contribution in [0, 0.1) is 22.5 Å². The highest BCUT2D eigenvalue weighted by atomic mass is 16.6. The molecule has 0 aliphatic carbocycles. The first-order valence-corrected chi connectivity index (χ1v) is 4.25. The van der Waals surface area contributed by atoms with Crippen LogP contribution in [0.1, 0.15) is 10.4 Å². The van der Waals surface area contributed by atoms with Crippen molar-refractivity contribution in [1.82, 2.24) is 0 Å². The van der Waals surface area contributed by atoms with Gasteiger partial charge in [-0.1, -0.05) is 5.92 Å². The molecule has 82 valence electrons. The van der Waals surface area contributed by atoms with Crippen molar-refractivity contribution < 1.29 is 14.8 Å². The van der Waals surface area contributed by atoms with E-state index in [1.54, 1.807) is 0 Å². The van der Waals surface area contributed by atoms with Crippen molar-refractivity contribution in [2.45, 2.75) is 0 Å². The number of hydrogen-bond donors (Lipinski definition) is 2. The molecule has 0 heterocycles. The Kier molecular flexibility index (Phi) is 3.45. The van der Waals surface area contributed by atoms with Crippen LogP contribution in [0.3, 0.4) is 0 Å². The summed E-state index contributed by atoms with van der Waals surface area (Å²) in [4.78, 5) is 20.6. The second-order valence-corrected chi connectivity index (χ2v) is 2.85. The Morgan fingerprint density at radius 1 is 1.62 bits per heavy atom. The predicted molar refractivity (Wildman–Crippen MR) is 57.4 cm³/mol. The van der Waals surface area contributed by atoms with Gasteiger partial charge >= 0.3 is 5.97 Å². The van der Waals surface area contributed by atoms with E-state index in [0.29, 0.717) is 0 Å². The highest BCUT2D eigenvalue weighted by Crippen LogP contribution is 2.25. The first-order chi connectivity index (χ1) is 7.56. The summed E-state index contributed by atoms with van der Waals surface area (Å²) in [6, 6.07) is 3.58. The molecule has 0 fully saturated rings. The number of carboxylic acids is 1. The van der Waals surface area contributed by atoms with Crippen molar-refractivity contribution in [2.75, 3.05) is 11.9 Å². The highest BCUT2D eigenvalue weighted by Gasteiger charge is 2.16. The number of anilines is 1. The fourth-order valence-corrected chi connectivity index (χ4v) is 1.11. The van der Waals surface area contributed by atoms with Gasteiger partial charge in [-0.25, -0.2) is 4.79 Å². The molecular weight excluding hydrogens is 212 g/mol. The molecule has 0 atom stereocenters. The summed E-state index contributed by atoms with van der Waals surface area (Å²) < 4.78 is 0. The van der Waals surface area contributed by atoms with E-state index in [0.717, 1.165) is 6.07 Å². The number of nitrogens with zero attached hydrogens (tertiary/aromatic N) is 1. The van der Waals surface area contributed by atoms with Crippen molar-refractivity contribution >= 4 is 17.3 Å². The normalized spacial score (nSPS) is 9.19. The minimum absolute atomic E-state index is 0.132. The van der Waals surface area contributed by atoms with Crippen LogP contribution in [0.15, 0.2) is 18.2 Å². The van der Waals surface area contributed by atoms with Crippen LogP contribution in [0.25, 0.3) is 0 Å². The molecule has 1 aromatic rings. The maximum atomic E-state index is 10.7. The summed E-state index contributed by atoms with van der Waals surface area (Å²) in [6.07, 6.45) is 5.00. The number of nitro benzene ring substituents is 1. The van der Waals surface area contributed by atoms with E-state index in [4.69, 9.17) is 11.5 Å². The molecule has 0 bridgehead atoms. The van der Waals surface area contributed by atoms with Gasteiger partial charge in [0.1, 0.15) is 5.69 Å². The van der Waals surface area contributed by atoms with Gasteiger partial charge in [0.15, 0.2) is 0 Å². The van der Waals surface area contributed by atoms with E-state index in [2.05, 4.69) is 11.2 Å². The van der Waals surface area contributed by atoms with E-state index >= 15 is 0 Å². The van der Waals surface area contributed by atoms with Crippen molar-refractivity contribution in [3.8, 4) is 12.3 Å². The largest absolute Gasteiger partial charge is 0.478 e. The number of hydrogen-bond acceptors (Lipinski definition) is 4. The average molecular weight is 220 g/mol. The topological polar surface area (TPSA) is 92.5 Å². The minimum atomic E-state index is -1.22. The molecule has 6 nitrogen and oxygen atoms in total. The van der Waals surface area contributed by atoms with Gasteiger partial charge in [-0.05, 0) is 12.1 Å². The summed E-state index contributed by atoms with van der Waals surface area (Å²) in [5, 5.41) is 22.0. The second-order valence-electron chi connectivity index (χ2n) is 2.85. The Hall–Kier alpha value is -2.55. The molecule has 0 aliphatic heterocycles. The molecule has 0 radical (unpaired) electrons. The summed E-state index contributed by atoms with van der Waals surface area (Å²) in [7, 11) is 0. The fraction of sp³-hybridized carbons (Fsp3) is 0.100. The van der Waals surface area contributed by atoms with Crippen LogP contribution in [-0.4, -0.2) is 22.5 Å². The molecule has 0 saturated carbocycles. The Morgan fingerprint density at radius 2 is 2.31 bits per heavy atom. The zero-order valence-corrected chi connectivity index (χ0v) is 8.14. The van der Waals surface area contributed by atoms with E-state index in [1.807, 2.05) is 0 Å². The lowest BCUT2D eigenvalue weighted by Gasteiger charge is -2.04. The van der Waals surface area contributed by atoms with Crippen molar-refractivity contribution in [2.24, 2.45) is 0 Å². The Morgan fingerprint density at radius 3 is 2.81 bits per heavy atom. The average Bonchev–Trinajstić information content (AvgIpc) is 2.25. The molecule has 0 spiro atoms. The molecule has 16 heavy (non-hydrogen) atoms. The molecule has 0 amide bonds. The SMILES string of the molecule is C#CCNc1ccc(C(=O)O)cc1[N+](=O)[O-]. The number of benzene rings is 1. The maximum Gasteiger partial charge on any atom is 0.335 e. The minimum Gasteiger partial charge on any atom is -0.478 e. The van der Waals surface area contributed by atoms with Gasteiger partial charge in [0.05, 0.1) is 17.0 Å². The van der Waals surface area contributed by atoms with Gasteiger partial charge in [0, 0.05) is 6.07 Å². The highest BCUT2D eigenvalue weighted by molar-refractivity contribution is 5.89. The number of rotatable bonds is 4. The molecule has 1 rings (SSSR count). The quantitative estimate of drug-likeness (QED) is 0.453. The summed E-state index contributed by atoms with van der Waals surface area (Å²) in [6.45, 7) is 0.132. The Balaban J connectivity index is 3.15. The van der Waals surface area contributed by atoms with Gasteiger partial charge in [0.25, 0.3) is 5.69 Å². The van der Waals surface area contributed by atoms with E-state index in [9.17, 15) is 14.9 Å². The monoisotopic (exact) mass is 220 g/mol. The molecule has 0 aromatic heterocycles. The van der Waals surface area contributed by atoms with Gasteiger partial charge in [-0.2, -0.15) is 0 Å². The summed E-state index contributed by atoms with van der Waals surface area (Å²) in [5.41, 5.74) is -0.249. The molecule has 1 aromatic carbocycles. The molecule has 0 unspecified atom stereocenters. The van der Waals surface area contributed by atoms with E-state index in [-0.39, 0.29) is 23.5 Å². The third-order valence-electron chi connectivity index (χ3n) is 1.82. The number of terminal acetylenes is 1. The van der Waals surface area contributed by atoms with E-state index < -0.39 is 10.9 Å². The maximum absolute atomic E-state index is 10.7. The third-order valence-corrected chi connectivity index (χ3v) is 1.82. The van der Waals surface area contributed by atoms with Crippen LogP contribution in [0.2, 0.25) is 0 Å².